The van der Waals surface area contributed by atoms with Gasteiger partial charge in [0.15, 0.2) is 0 Å². The van der Waals surface area contributed by atoms with Gasteiger partial charge in [0.05, 0.1) is 11.4 Å². The van der Waals surface area contributed by atoms with Gasteiger partial charge in [-0.25, -0.2) is 13.6 Å². The Kier molecular flexibility index (Phi) is 6.82. The molecule has 16 heavy (non-hydrogen) atoms. The van der Waals surface area contributed by atoms with Gasteiger partial charge >= 0.3 is 0 Å². The van der Waals surface area contributed by atoms with Crippen molar-refractivity contribution in [1.82, 2.24) is 0 Å². The van der Waals surface area contributed by atoms with E-state index in [1.54, 1.807) is 6.08 Å². The summed E-state index contributed by atoms with van der Waals surface area (Å²) in [6.45, 7) is 4.96. The van der Waals surface area contributed by atoms with Crippen LogP contribution in [0.2, 0.25) is 0 Å². The first kappa shape index (κ1) is 15.6. The third kappa shape index (κ3) is 5.60. The molecule has 0 aromatic heterocycles. The Hall–Kier alpha value is -0.430. The highest BCUT2D eigenvalue weighted by molar-refractivity contribution is 7.89. The highest BCUT2D eigenvalue weighted by Gasteiger charge is 2.27. The number of nitrogens with two attached hydrogens (primary N) is 1. The van der Waals surface area contributed by atoms with Gasteiger partial charge in [0.25, 0.3) is 0 Å². The third-order valence-electron chi connectivity index (χ3n) is 2.69. The molecule has 0 saturated carbocycles. The van der Waals surface area contributed by atoms with E-state index in [2.05, 4.69) is 6.58 Å². The van der Waals surface area contributed by atoms with E-state index in [9.17, 15) is 13.5 Å². The quantitative estimate of drug-likeness (QED) is 0.528. The molecule has 96 valence electrons. The van der Waals surface area contributed by atoms with Crippen LogP contribution in [0.25, 0.3) is 0 Å². The van der Waals surface area contributed by atoms with E-state index in [0.717, 1.165) is 0 Å². The molecule has 3 atom stereocenters. The summed E-state index contributed by atoms with van der Waals surface area (Å²) in [7, 11) is -3.61. The number of aliphatic hydroxyl groups excluding tert-OH is 2. The number of rotatable bonds is 8. The molecule has 0 fully saturated rings. The fraction of sp³-hybridized carbons (Fsp3) is 0.800. The van der Waals surface area contributed by atoms with Gasteiger partial charge in [-0.15, -0.1) is 6.58 Å². The Morgan fingerprint density at radius 2 is 2.06 bits per heavy atom. The summed E-state index contributed by atoms with van der Waals surface area (Å²) in [6, 6.07) is 0. The number of hydrogen-bond donors (Lipinski definition) is 3. The molecule has 0 rings (SSSR count). The normalized spacial score (nSPS) is 17.8. The lowest BCUT2D eigenvalue weighted by molar-refractivity contribution is 0.108. The average molecular weight is 251 g/mol. The molecule has 0 aromatic carbocycles. The van der Waals surface area contributed by atoms with Crippen LogP contribution in [-0.4, -0.2) is 36.6 Å². The van der Waals surface area contributed by atoms with Gasteiger partial charge < -0.3 is 10.2 Å². The monoisotopic (exact) mass is 251 g/mol. The fourth-order valence-corrected chi connectivity index (χ4v) is 2.34. The topological polar surface area (TPSA) is 101 Å². The first-order valence-electron chi connectivity index (χ1n) is 5.24. The molecule has 0 unspecified atom stereocenters. The van der Waals surface area contributed by atoms with E-state index in [0.29, 0.717) is 12.8 Å². The minimum Gasteiger partial charge on any atom is -0.396 e. The largest absolute Gasteiger partial charge is 0.396 e. The van der Waals surface area contributed by atoms with Crippen LogP contribution in [-0.2, 0) is 10.0 Å². The lowest BCUT2D eigenvalue weighted by Gasteiger charge is -2.23. The molecule has 0 bridgehead atoms. The Bertz CT molecular complexity index is 302. The summed E-state index contributed by atoms with van der Waals surface area (Å²) in [5, 5.41) is 22.5. The zero-order valence-electron chi connectivity index (χ0n) is 9.54. The first-order chi connectivity index (χ1) is 7.32. The van der Waals surface area contributed by atoms with Gasteiger partial charge in [-0.05, 0) is 32.1 Å². The van der Waals surface area contributed by atoms with Crippen molar-refractivity contribution in [3.05, 3.63) is 12.7 Å². The molecule has 0 aliphatic rings. The molecule has 0 spiro atoms. The maximum atomic E-state index is 11.2. The number of allylic oxidation sites excluding steroid dienone is 1. The maximum absolute atomic E-state index is 11.2. The second kappa shape index (κ2) is 7.01. The highest BCUT2D eigenvalue weighted by atomic mass is 32.2. The van der Waals surface area contributed by atoms with Crippen molar-refractivity contribution >= 4 is 10.0 Å². The molecule has 0 saturated heterocycles. The van der Waals surface area contributed by atoms with Crippen LogP contribution in [0.15, 0.2) is 12.7 Å². The summed E-state index contributed by atoms with van der Waals surface area (Å²) >= 11 is 0. The van der Waals surface area contributed by atoms with Crippen molar-refractivity contribution in [2.45, 2.75) is 37.5 Å². The van der Waals surface area contributed by atoms with Crippen molar-refractivity contribution < 1.29 is 18.6 Å². The smallest absolute Gasteiger partial charge is 0.211 e. The molecular formula is C10H21NO4S. The van der Waals surface area contributed by atoms with Crippen LogP contribution in [0.5, 0.6) is 0 Å². The predicted octanol–water partition coefficient (Wildman–Crippen LogP) is -0.0109. The number of aliphatic hydroxyl groups is 2. The standard InChI is InChI=1S/C10H21NO4S/c1-3-4-9(7-10(13)5-6-12)8(2)16(11,14)15/h3,8-10,12-13H,1,4-7H2,2H3,(H2,11,14,15)/t8-,9+,10-/m1/s1. The molecule has 4 N–H and O–H groups in total. The Labute approximate surface area is 97.0 Å². The van der Waals surface area contributed by atoms with E-state index in [1.807, 2.05) is 0 Å². The summed E-state index contributed by atoms with van der Waals surface area (Å²) in [6.07, 6.45) is 1.91. The van der Waals surface area contributed by atoms with Crippen molar-refractivity contribution in [2.24, 2.45) is 11.1 Å². The minimum absolute atomic E-state index is 0.119. The van der Waals surface area contributed by atoms with Crippen molar-refractivity contribution in [2.75, 3.05) is 6.61 Å². The third-order valence-corrected chi connectivity index (χ3v) is 4.11. The van der Waals surface area contributed by atoms with Crippen molar-refractivity contribution in [3.8, 4) is 0 Å². The van der Waals surface area contributed by atoms with Gasteiger partial charge in [0, 0.05) is 6.61 Å². The molecule has 0 aromatic rings. The molecular weight excluding hydrogens is 230 g/mol. The molecule has 6 heteroatoms. The van der Waals surface area contributed by atoms with Crippen LogP contribution < -0.4 is 5.14 Å². The van der Waals surface area contributed by atoms with Crippen molar-refractivity contribution in [1.29, 1.82) is 0 Å². The minimum atomic E-state index is -3.61. The molecule has 0 amide bonds. The van der Waals surface area contributed by atoms with Gasteiger partial charge in [-0.3, -0.25) is 0 Å². The van der Waals surface area contributed by atoms with Crippen LogP contribution >= 0.6 is 0 Å². The Morgan fingerprint density at radius 3 is 2.44 bits per heavy atom. The zero-order chi connectivity index (χ0) is 12.8. The molecule has 0 aliphatic heterocycles. The zero-order valence-corrected chi connectivity index (χ0v) is 10.4. The van der Waals surface area contributed by atoms with Crippen LogP contribution in [0.3, 0.4) is 0 Å². The van der Waals surface area contributed by atoms with E-state index < -0.39 is 21.4 Å². The van der Waals surface area contributed by atoms with E-state index in [4.69, 9.17) is 10.2 Å². The van der Waals surface area contributed by atoms with Crippen LogP contribution in [0.4, 0.5) is 0 Å². The lowest BCUT2D eigenvalue weighted by Crippen LogP contribution is -2.34. The van der Waals surface area contributed by atoms with E-state index >= 15 is 0 Å². The molecule has 0 aliphatic carbocycles. The Morgan fingerprint density at radius 1 is 1.50 bits per heavy atom. The van der Waals surface area contributed by atoms with Crippen LogP contribution in [0, 0.1) is 5.92 Å². The second-order valence-electron chi connectivity index (χ2n) is 3.98. The Balaban J connectivity index is 4.54. The summed E-state index contributed by atoms with van der Waals surface area (Å²) in [5.74, 6) is -0.269. The fourth-order valence-electron chi connectivity index (χ4n) is 1.58. The predicted molar refractivity (Wildman–Crippen MR) is 63.2 cm³/mol. The molecule has 0 radical (unpaired) electrons. The molecule has 5 nitrogen and oxygen atoms in total. The van der Waals surface area contributed by atoms with Gasteiger partial charge in [0.1, 0.15) is 0 Å². The number of primary sulfonamides is 1. The van der Waals surface area contributed by atoms with Gasteiger partial charge in [0.2, 0.25) is 10.0 Å². The lowest BCUT2D eigenvalue weighted by atomic mass is 9.94. The second-order valence-corrected chi connectivity index (χ2v) is 5.90. The highest BCUT2D eigenvalue weighted by Crippen LogP contribution is 2.21. The molecule has 0 heterocycles. The van der Waals surface area contributed by atoms with Crippen molar-refractivity contribution in [3.63, 3.8) is 0 Å². The van der Waals surface area contributed by atoms with Gasteiger partial charge in [-0.2, -0.15) is 0 Å². The van der Waals surface area contributed by atoms with E-state index in [1.165, 1.54) is 6.92 Å². The number of sulfonamides is 1. The maximum Gasteiger partial charge on any atom is 0.211 e. The SMILES string of the molecule is C=CC[C@@H](C[C@H](O)CCO)[C@@H](C)S(N)(=O)=O. The summed E-state index contributed by atoms with van der Waals surface area (Å²) in [4.78, 5) is 0. The van der Waals surface area contributed by atoms with Crippen LogP contribution in [0.1, 0.15) is 26.2 Å². The summed E-state index contributed by atoms with van der Waals surface area (Å²) < 4.78 is 22.4. The summed E-state index contributed by atoms with van der Waals surface area (Å²) in [5.41, 5.74) is 0. The first-order valence-corrected chi connectivity index (χ1v) is 6.85. The van der Waals surface area contributed by atoms with Gasteiger partial charge in [-0.1, -0.05) is 6.08 Å². The average Bonchev–Trinajstić information content (AvgIpc) is 2.15. The van der Waals surface area contributed by atoms with E-state index in [-0.39, 0.29) is 18.9 Å². The number of hydrogen-bond acceptors (Lipinski definition) is 4.